The first-order valence-electron chi connectivity index (χ1n) is 11.2. The van der Waals surface area contributed by atoms with Crippen LogP contribution in [0, 0.1) is 4.77 Å². The minimum atomic E-state index is 0.314. The number of nitrogens with zero attached hydrogens (tertiary/aromatic N) is 6. The smallest absolute Gasteiger partial charge is 0.220 e. The predicted molar refractivity (Wildman–Crippen MR) is 138 cm³/mol. The number of methoxy groups -OCH3 is 3. The molecule has 1 saturated heterocycles. The lowest BCUT2D eigenvalue weighted by molar-refractivity contribution is 0.0210. The molecular weight excluding hydrogens is 488 g/mol. The topological polar surface area (TPSA) is 88.2 Å². The number of thiazole rings is 1. The van der Waals surface area contributed by atoms with Gasteiger partial charge in [-0.05, 0) is 30.3 Å². The lowest BCUT2D eigenvalue weighted by Crippen LogP contribution is -2.37. The van der Waals surface area contributed by atoms with Gasteiger partial charge in [0.15, 0.2) is 16.5 Å². The Morgan fingerprint density at radius 2 is 1.83 bits per heavy atom. The van der Waals surface area contributed by atoms with Gasteiger partial charge in [0.1, 0.15) is 0 Å². The summed E-state index contributed by atoms with van der Waals surface area (Å²) >= 11 is 7.32. The van der Waals surface area contributed by atoms with E-state index in [1.165, 1.54) is 11.3 Å². The molecule has 0 aliphatic carbocycles. The highest BCUT2D eigenvalue weighted by atomic mass is 32.1. The van der Waals surface area contributed by atoms with Crippen molar-refractivity contribution in [3.05, 3.63) is 33.5 Å². The number of hydrogen-bond acceptors (Lipinski definition) is 10. The highest BCUT2D eigenvalue weighted by Crippen LogP contribution is 2.37. The molecule has 35 heavy (non-hydrogen) atoms. The van der Waals surface area contributed by atoms with Crippen molar-refractivity contribution < 1.29 is 18.9 Å². The summed E-state index contributed by atoms with van der Waals surface area (Å²) in [5, 5.41) is 12.3. The quantitative estimate of drug-likeness (QED) is 0.312. The molecule has 0 saturated carbocycles. The van der Waals surface area contributed by atoms with Crippen molar-refractivity contribution >= 4 is 29.8 Å². The van der Waals surface area contributed by atoms with Crippen LogP contribution >= 0.6 is 23.6 Å². The fourth-order valence-electron chi connectivity index (χ4n) is 3.62. The van der Waals surface area contributed by atoms with E-state index in [2.05, 4.69) is 24.1 Å². The molecular formula is C23H30N6O4S2. The van der Waals surface area contributed by atoms with Crippen molar-refractivity contribution in [2.24, 2.45) is 5.10 Å². The summed E-state index contributed by atoms with van der Waals surface area (Å²) in [6.07, 6.45) is 1.70. The van der Waals surface area contributed by atoms with Crippen molar-refractivity contribution in [1.29, 1.82) is 0 Å². The van der Waals surface area contributed by atoms with E-state index in [9.17, 15) is 0 Å². The van der Waals surface area contributed by atoms with E-state index >= 15 is 0 Å². The normalized spacial score (nSPS) is 14.7. The number of rotatable bonds is 9. The summed E-state index contributed by atoms with van der Waals surface area (Å²) in [4.78, 5) is 7.04. The van der Waals surface area contributed by atoms with E-state index in [4.69, 9.17) is 46.3 Å². The molecule has 3 aromatic rings. The van der Waals surface area contributed by atoms with Crippen LogP contribution in [0.4, 0.5) is 0 Å². The Hall–Kier alpha value is -2.80. The molecule has 1 aliphatic heterocycles. The molecule has 1 fully saturated rings. The molecule has 0 N–H and O–H groups in total. The number of hydrogen-bond donors (Lipinski definition) is 0. The van der Waals surface area contributed by atoms with E-state index in [-0.39, 0.29) is 0 Å². The van der Waals surface area contributed by atoms with Gasteiger partial charge < -0.3 is 18.9 Å². The lowest BCUT2D eigenvalue weighted by Gasteiger charge is -2.25. The summed E-state index contributed by atoms with van der Waals surface area (Å²) in [5.41, 5.74) is 1.77. The van der Waals surface area contributed by atoms with Crippen LogP contribution in [0.5, 0.6) is 17.2 Å². The monoisotopic (exact) mass is 518 g/mol. The van der Waals surface area contributed by atoms with Gasteiger partial charge in [-0.3, -0.25) is 4.90 Å². The molecule has 12 heteroatoms. The second-order valence-electron chi connectivity index (χ2n) is 8.22. The zero-order valence-electron chi connectivity index (χ0n) is 20.6. The third-order valence-electron chi connectivity index (χ3n) is 5.57. The predicted octanol–water partition coefficient (Wildman–Crippen LogP) is 3.86. The molecule has 188 valence electrons. The van der Waals surface area contributed by atoms with Gasteiger partial charge in [0, 0.05) is 24.0 Å². The van der Waals surface area contributed by atoms with Crippen LogP contribution in [0.2, 0.25) is 0 Å². The van der Waals surface area contributed by atoms with Crippen molar-refractivity contribution in [1.82, 2.24) is 24.3 Å². The van der Waals surface area contributed by atoms with Gasteiger partial charge in [0.05, 0.1) is 53.1 Å². The highest BCUT2D eigenvalue weighted by molar-refractivity contribution is 7.71. The number of ether oxygens (including phenoxy) is 4. The molecule has 0 atom stereocenters. The molecule has 3 heterocycles. The van der Waals surface area contributed by atoms with Gasteiger partial charge >= 0.3 is 0 Å². The average molecular weight is 519 g/mol. The van der Waals surface area contributed by atoms with Gasteiger partial charge in [0.25, 0.3) is 0 Å². The SMILES string of the molecule is COc1cc(/C=N/n2c(-c3nc(C(C)C)cs3)nn(CN3CCOCC3)c2=S)cc(OC)c1OC. The van der Waals surface area contributed by atoms with Crippen molar-refractivity contribution in [2.45, 2.75) is 26.4 Å². The first-order chi connectivity index (χ1) is 16.9. The van der Waals surface area contributed by atoms with Crippen LogP contribution in [0.3, 0.4) is 0 Å². The third-order valence-corrected chi connectivity index (χ3v) is 6.81. The molecule has 1 aliphatic rings. The Bertz CT molecular complexity index is 1220. The Morgan fingerprint density at radius 1 is 1.14 bits per heavy atom. The minimum absolute atomic E-state index is 0.314. The Labute approximate surface area is 213 Å². The second kappa shape index (κ2) is 11.3. The molecule has 1 aromatic carbocycles. The van der Waals surface area contributed by atoms with Crippen molar-refractivity contribution in [3.63, 3.8) is 0 Å². The summed E-state index contributed by atoms with van der Waals surface area (Å²) in [6, 6.07) is 3.65. The number of morpholine rings is 1. The molecule has 2 aromatic heterocycles. The largest absolute Gasteiger partial charge is 0.493 e. The highest BCUT2D eigenvalue weighted by Gasteiger charge is 2.20. The Morgan fingerprint density at radius 3 is 2.40 bits per heavy atom. The standard InChI is InChI=1S/C23H30N6O4S2/c1-15(2)17-13-35-22(25-17)21-26-28(14-27-6-8-33-9-7-27)23(34)29(21)24-12-16-10-18(30-3)20(32-5)19(11-16)31-4/h10-13,15H,6-9,14H2,1-5H3/b24-12+. The Kier molecular flexibility index (Phi) is 8.16. The van der Waals surface area contributed by atoms with E-state index < -0.39 is 0 Å². The van der Waals surface area contributed by atoms with Gasteiger partial charge in [0.2, 0.25) is 16.3 Å². The van der Waals surface area contributed by atoms with E-state index in [1.807, 2.05) is 12.1 Å². The maximum atomic E-state index is 5.79. The molecule has 10 nitrogen and oxygen atoms in total. The van der Waals surface area contributed by atoms with Gasteiger partial charge in [-0.15, -0.1) is 16.4 Å². The lowest BCUT2D eigenvalue weighted by atomic mass is 10.2. The molecule has 4 rings (SSSR count). The Balaban J connectivity index is 1.74. The first kappa shape index (κ1) is 25.3. The second-order valence-corrected chi connectivity index (χ2v) is 9.45. The molecule has 0 spiro atoms. The van der Waals surface area contributed by atoms with Crippen LogP contribution in [0.25, 0.3) is 10.8 Å². The zero-order valence-corrected chi connectivity index (χ0v) is 22.2. The number of aromatic nitrogens is 4. The van der Waals surface area contributed by atoms with Crippen molar-refractivity contribution in [2.75, 3.05) is 47.6 Å². The van der Waals surface area contributed by atoms with Crippen LogP contribution in [0.15, 0.2) is 22.6 Å². The average Bonchev–Trinajstić information content (AvgIpc) is 3.48. The van der Waals surface area contributed by atoms with Crippen LogP contribution < -0.4 is 14.2 Å². The maximum Gasteiger partial charge on any atom is 0.220 e. The first-order valence-corrected chi connectivity index (χ1v) is 12.5. The fraction of sp³-hybridized carbons (Fsp3) is 0.478. The van der Waals surface area contributed by atoms with Crippen LogP contribution in [0.1, 0.15) is 31.0 Å². The van der Waals surface area contributed by atoms with Crippen LogP contribution in [-0.4, -0.2) is 78.2 Å². The van der Waals surface area contributed by atoms with Gasteiger partial charge in [-0.2, -0.15) is 9.78 Å². The number of benzene rings is 1. The van der Waals surface area contributed by atoms with Crippen molar-refractivity contribution in [3.8, 4) is 28.1 Å². The molecule has 0 radical (unpaired) electrons. The summed E-state index contributed by atoms with van der Waals surface area (Å²) < 4.78 is 25.8. The maximum absolute atomic E-state index is 5.79. The van der Waals surface area contributed by atoms with Gasteiger partial charge in [-0.1, -0.05) is 13.8 Å². The molecule has 0 unspecified atom stereocenters. The van der Waals surface area contributed by atoms with Crippen LogP contribution in [-0.2, 0) is 11.4 Å². The fourth-order valence-corrected chi connectivity index (χ4v) is 4.80. The summed E-state index contributed by atoms with van der Waals surface area (Å²) in [7, 11) is 4.73. The zero-order chi connectivity index (χ0) is 24.9. The third kappa shape index (κ3) is 5.56. The minimum Gasteiger partial charge on any atom is -0.493 e. The summed E-state index contributed by atoms with van der Waals surface area (Å²) in [6.45, 7) is 7.84. The van der Waals surface area contributed by atoms with E-state index in [1.54, 1.807) is 36.9 Å². The molecule has 0 bridgehead atoms. The molecule has 0 amide bonds. The summed E-state index contributed by atoms with van der Waals surface area (Å²) in [5.74, 6) is 2.52. The van der Waals surface area contributed by atoms with E-state index in [0.717, 1.165) is 29.4 Å². The van der Waals surface area contributed by atoms with Gasteiger partial charge in [-0.25, -0.2) is 9.67 Å². The van der Waals surface area contributed by atoms with E-state index in [0.29, 0.717) is 53.6 Å².